The van der Waals surface area contributed by atoms with Gasteiger partial charge in [-0.15, -0.1) is 0 Å². The molecule has 0 spiro atoms. The van der Waals surface area contributed by atoms with Crippen LogP contribution in [-0.4, -0.2) is 15.5 Å². The molecule has 1 heterocycles. The first-order chi connectivity index (χ1) is 8.70. The Morgan fingerprint density at radius 2 is 2.11 bits per heavy atom. The molecule has 0 unspecified atom stereocenters. The van der Waals surface area contributed by atoms with Crippen LogP contribution in [0.15, 0.2) is 36.5 Å². The summed E-state index contributed by atoms with van der Waals surface area (Å²) in [5.74, 6) is -0.0313. The smallest absolute Gasteiger partial charge is 0.268 e. The van der Waals surface area contributed by atoms with Crippen molar-refractivity contribution in [2.24, 2.45) is 5.73 Å². The lowest BCUT2D eigenvalue weighted by molar-refractivity contribution is 0.0996. The summed E-state index contributed by atoms with van der Waals surface area (Å²) in [6, 6.07) is 11.8. The van der Waals surface area contributed by atoms with E-state index in [1.807, 2.05) is 36.4 Å². The Labute approximate surface area is 104 Å². The van der Waals surface area contributed by atoms with Crippen molar-refractivity contribution < 1.29 is 4.79 Å². The van der Waals surface area contributed by atoms with E-state index in [1.54, 1.807) is 10.8 Å². The molecule has 0 saturated heterocycles. The van der Waals surface area contributed by atoms with Gasteiger partial charge in [-0.2, -0.15) is 5.26 Å². The lowest BCUT2D eigenvalue weighted by atomic mass is 10.2. The van der Waals surface area contributed by atoms with E-state index in [-0.39, 0.29) is 12.1 Å². The van der Waals surface area contributed by atoms with Crippen LogP contribution in [0.4, 0.5) is 0 Å². The summed E-state index contributed by atoms with van der Waals surface area (Å²) in [4.78, 5) is 15.1. The summed E-state index contributed by atoms with van der Waals surface area (Å²) < 4.78 is 1.78. The van der Waals surface area contributed by atoms with Crippen molar-refractivity contribution in [3.8, 4) is 6.07 Å². The van der Waals surface area contributed by atoms with E-state index in [0.29, 0.717) is 12.4 Å². The van der Waals surface area contributed by atoms with Gasteiger partial charge in [-0.25, -0.2) is 4.98 Å². The maximum Gasteiger partial charge on any atom is 0.268 e. The largest absolute Gasteiger partial charge is 0.364 e. The summed E-state index contributed by atoms with van der Waals surface area (Å²) in [6.07, 6.45) is 1.74. The van der Waals surface area contributed by atoms with E-state index in [2.05, 4.69) is 4.98 Å². The number of hydrogen-bond donors (Lipinski definition) is 1. The highest BCUT2D eigenvalue weighted by Crippen LogP contribution is 2.08. The minimum absolute atomic E-state index is 0.153. The van der Waals surface area contributed by atoms with Crippen molar-refractivity contribution >= 4 is 5.91 Å². The van der Waals surface area contributed by atoms with Gasteiger partial charge in [0, 0.05) is 12.7 Å². The summed E-state index contributed by atoms with van der Waals surface area (Å²) in [7, 11) is 0. The van der Waals surface area contributed by atoms with Gasteiger partial charge in [-0.05, 0) is 5.56 Å². The molecule has 90 valence electrons. The molecule has 5 heteroatoms. The molecule has 5 nitrogen and oxygen atoms in total. The van der Waals surface area contributed by atoms with Crippen LogP contribution < -0.4 is 5.73 Å². The van der Waals surface area contributed by atoms with Crippen LogP contribution in [0.5, 0.6) is 0 Å². The second kappa shape index (κ2) is 5.15. The Hall–Kier alpha value is -2.61. The standard InChI is InChI=1S/C13H12N4O/c14-7-6-12-16-11(13(15)18)9-17(12)8-10-4-2-1-3-5-10/h1-5,9H,6,8H2,(H2,15,18). The quantitative estimate of drug-likeness (QED) is 0.868. The van der Waals surface area contributed by atoms with Crippen molar-refractivity contribution in [3.05, 3.63) is 53.6 Å². The van der Waals surface area contributed by atoms with Crippen molar-refractivity contribution in [1.29, 1.82) is 5.26 Å². The van der Waals surface area contributed by atoms with Gasteiger partial charge >= 0.3 is 0 Å². The second-order valence-corrected chi connectivity index (χ2v) is 3.86. The highest BCUT2D eigenvalue weighted by Gasteiger charge is 2.11. The number of nitriles is 1. The number of nitrogens with zero attached hydrogens (tertiary/aromatic N) is 3. The normalized spacial score (nSPS) is 9.94. The molecule has 0 aliphatic carbocycles. The molecule has 0 saturated carbocycles. The first kappa shape index (κ1) is 11.9. The van der Waals surface area contributed by atoms with Crippen molar-refractivity contribution in [2.45, 2.75) is 13.0 Å². The number of aromatic nitrogens is 2. The molecule has 2 aromatic rings. The maximum absolute atomic E-state index is 11.1. The fraction of sp³-hybridized carbons (Fsp3) is 0.154. The first-order valence-electron chi connectivity index (χ1n) is 5.47. The number of rotatable bonds is 4. The number of carbonyl (C=O) groups is 1. The van der Waals surface area contributed by atoms with Crippen LogP contribution in [-0.2, 0) is 13.0 Å². The third kappa shape index (κ3) is 2.55. The van der Waals surface area contributed by atoms with Gasteiger partial charge in [0.15, 0.2) is 0 Å². The molecule has 0 radical (unpaired) electrons. The van der Waals surface area contributed by atoms with Gasteiger partial charge < -0.3 is 10.3 Å². The number of nitrogens with two attached hydrogens (primary N) is 1. The number of benzene rings is 1. The number of primary amides is 1. The van der Waals surface area contributed by atoms with Crippen LogP contribution in [0.1, 0.15) is 21.9 Å². The zero-order chi connectivity index (χ0) is 13.0. The summed E-state index contributed by atoms with van der Waals surface area (Å²) in [5, 5.41) is 8.74. The molecule has 1 aromatic heterocycles. The molecule has 0 atom stereocenters. The molecular formula is C13H12N4O. The van der Waals surface area contributed by atoms with Crippen LogP contribution in [0, 0.1) is 11.3 Å². The van der Waals surface area contributed by atoms with E-state index >= 15 is 0 Å². The topological polar surface area (TPSA) is 84.7 Å². The molecule has 0 bridgehead atoms. The average Bonchev–Trinajstić information content (AvgIpc) is 2.75. The summed E-state index contributed by atoms with van der Waals surface area (Å²) >= 11 is 0. The molecule has 0 fully saturated rings. The highest BCUT2D eigenvalue weighted by molar-refractivity contribution is 5.90. The molecule has 2 rings (SSSR count). The number of hydrogen-bond acceptors (Lipinski definition) is 3. The van der Waals surface area contributed by atoms with Gasteiger partial charge in [-0.1, -0.05) is 30.3 Å². The maximum atomic E-state index is 11.1. The third-order valence-corrected chi connectivity index (χ3v) is 2.54. The minimum atomic E-state index is -0.582. The van der Waals surface area contributed by atoms with Gasteiger partial charge in [-0.3, -0.25) is 4.79 Å². The number of imidazole rings is 1. The Kier molecular flexibility index (Phi) is 3.39. The summed E-state index contributed by atoms with van der Waals surface area (Å²) in [6.45, 7) is 0.568. The van der Waals surface area contributed by atoms with Crippen LogP contribution >= 0.6 is 0 Å². The van der Waals surface area contributed by atoms with E-state index in [1.165, 1.54) is 0 Å². The average molecular weight is 240 g/mol. The van der Waals surface area contributed by atoms with Gasteiger partial charge in [0.2, 0.25) is 0 Å². The predicted molar refractivity (Wildman–Crippen MR) is 65.6 cm³/mol. The Morgan fingerprint density at radius 1 is 1.39 bits per heavy atom. The van der Waals surface area contributed by atoms with E-state index in [9.17, 15) is 4.79 Å². The van der Waals surface area contributed by atoms with Gasteiger partial charge in [0.1, 0.15) is 11.5 Å². The summed E-state index contributed by atoms with van der Waals surface area (Å²) in [5.41, 5.74) is 6.45. The number of amides is 1. The van der Waals surface area contributed by atoms with Gasteiger partial charge in [0.25, 0.3) is 5.91 Å². The SMILES string of the molecule is N#CCc1nc(C(N)=O)cn1Cc1ccccc1. The Balaban J connectivity index is 2.31. The lowest BCUT2D eigenvalue weighted by Gasteiger charge is -2.05. The van der Waals surface area contributed by atoms with Crippen LogP contribution in [0.25, 0.3) is 0 Å². The predicted octanol–water partition coefficient (Wildman–Crippen LogP) is 1.10. The molecule has 0 aliphatic heterocycles. The fourth-order valence-electron chi connectivity index (χ4n) is 1.70. The number of carbonyl (C=O) groups excluding carboxylic acids is 1. The van der Waals surface area contributed by atoms with Gasteiger partial charge in [0.05, 0.1) is 12.5 Å². The van der Waals surface area contributed by atoms with Crippen molar-refractivity contribution in [2.75, 3.05) is 0 Å². The molecule has 0 aliphatic rings. The van der Waals surface area contributed by atoms with Crippen molar-refractivity contribution in [1.82, 2.24) is 9.55 Å². The van der Waals surface area contributed by atoms with Crippen LogP contribution in [0.3, 0.4) is 0 Å². The lowest BCUT2D eigenvalue weighted by Crippen LogP contribution is -2.11. The van der Waals surface area contributed by atoms with E-state index < -0.39 is 5.91 Å². The highest BCUT2D eigenvalue weighted by atomic mass is 16.1. The molecule has 2 N–H and O–H groups in total. The fourth-order valence-corrected chi connectivity index (χ4v) is 1.70. The Bertz CT molecular complexity index is 595. The van der Waals surface area contributed by atoms with Crippen molar-refractivity contribution in [3.63, 3.8) is 0 Å². The second-order valence-electron chi connectivity index (χ2n) is 3.86. The molecule has 1 aromatic carbocycles. The molecule has 18 heavy (non-hydrogen) atoms. The third-order valence-electron chi connectivity index (χ3n) is 2.54. The molecule has 1 amide bonds. The Morgan fingerprint density at radius 3 is 2.72 bits per heavy atom. The van der Waals surface area contributed by atoms with E-state index in [0.717, 1.165) is 5.56 Å². The zero-order valence-corrected chi connectivity index (χ0v) is 9.71. The van der Waals surface area contributed by atoms with Crippen LogP contribution in [0.2, 0.25) is 0 Å². The first-order valence-corrected chi connectivity index (χ1v) is 5.47. The van der Waals surface area contributed by atoms with E-state index in [4.69, 9.17) is 11.0 Å². The monoisotopic (exact) mass is 240 g/mol. The minimum Gasteiger partial charge on any atom is -0.364 e. The molecular weight excluding hydrogens is 228 g/mol. The zero-order valence-electron chi connectivity index (χ0n) is 9.71.